The predicted octanol–water partition coefficient (Wildman–Crippen LogP) is 5.22. The second-order valence-corrected chi connectivity index (χ2v) is 9.77. The van der Waals surface area contributed by atoms with E-state index < -0.39 is 0 Å². The second-order valence-electron chi connectivity index (χ2n) is 8.46. The maximum Gasteiger partial charge on any atom is 0.233 e. The molecule has 5 rings (SSSR count). The van der Waals surface area contributed by atoms with Gasteiger partial charge in [-0.1, -0.05) is 41.9 Å². The Morgan fingerprint density at radius 3 is 2.71 bits per heavy atom. The van der Waals surface area contributed by atoms with Crippen molar-refractivity contribution in [2.24, 2.45) is 17.8 Å². The molecule has 4 atom stereocenters. The molecule has 2 saturated carbocycles. The van der Waals surface area contributed by atoms with Crippen LogP contribution in [-0.2, 0) is 4.79 Å². The number of likely N-dealkylation sites (tertiary alicyclic amines) is 1. The first kappa shape index (κ1) is 18.3. The van der Waals surface area contributed by atoms with E-state index in [9.17, 15) is 4.79 Å². The van der Waals surface area contributed by atoms with Crippen LogP contribution in [0.5, 0.6) is 0 Å². The fourth-order valence-corrected chi connectivity index (χ4v) is 6.54. The van der Waals surface area contributed by atoms with E-state index >= 15 is 0 Å². The van der Waals surface area contributed by atoms with E-state index in [1.807, 2.05) is 29.7 Å². The molecule has 1 amide bonds. The molecule has 2 heterocycles. The number of rotatable bonds is 3. The number of carbonyl (C=O) groups is 1. The summed E-state index contributed by atoms with van der Waals surface area (Å²) in [6.07, 6.45) is 5.53. The lowest BCUT2D eigenvalue weighted by Crippen LogP contribution is -2.43. The number of fused-ring (bicyclic) bond motifs is 2. The third-order valence-corrected chi connectivity index (χ3v) is 8.10. The highest BCUT2D eigenvalue weighted by Gasteiger charge is 2.47. The van der Waals surface area contributed by atoms with Gasteiger partial charge in [-0.05, 0) is 61.6 Å². The highest BCUT2D eigenvalue weighted by Crippen LogP contribution is 2.51. The van der Waals surface area contributed by atoms with Crippen molar-refractivity contribution in [2.75, 3.05) is 0 Å². The summed E-state index contributed by atoms with van der Waals surface area (Å²) in [6, 6.07) is 7.82. The van der Waals surface area contributed by atoms with Gasteiger partial charge in [0.15, 0.2) is 0 Å². The van der Waals surface area contributed by atoms with Gasteiger partial charge in [-0.2, -0.15) is 0 Å². The lowest BCUT2D eigenvalue weighted by molar-refractivity contribution is -0.127. The molecule has 2 N–H and O–H groups in total. The highest BCUT2D eigenvalue weighted by molar-refractivity contribution is 8.06. The monoisotopic (exact) mass is 413 g/mol. The molecule has 0 unspecified atom stereocenters. The quantitative estimate of drug-likeness (QED) is 0.714. The first-order valence-corrected chi connectivity index (χ1v) is 11.3. The Morgan fingerprint density at radius 1 is 1.25 bits per heavy atom. The van der Waals surface area contributed by atoms with Gasteiger partial charge in [-0.15, -0.1) is 0 Å². The number of benzene rings is 1. The molecular weight excluding hydrogens is 390 g/mol. The predicted molar refractivity (Wildman–Crippen MR) is 115 cm³/mol. The van der Waals surface area contributed by atoms with Crippen LogP contribution in [0.25, 0.3) is 5.70 Å². The van der Waals surface area contributed by atoms with Gasteiger partial charge in [0.1, 0.15) is 5.84 Å². The number of halogens is 1. The minimum Gasteiger partial charge on any atom is -0.349 e. The van der Waals surface area contributed by atoms with Gasteiger partial charge < -0.3 is 5.32 Å². The Balaban J connectivity index is 1.34. The maximum atomic E-state index is 12.8. The van der Waals surface area contributed by atoms with Gasteiger partial charge in [0.25, 0.3) is 0 Å². The number of amides is 1. The van der Waals surface area contributed by atoms with Gasteiger partial charge in [0.05, 0.1) is 17.1 Å². The van der Waals surface area contributed by atoms with Crippen LogP contribution in [0.2, 0.25) is 5.02 Å². The van der Waals surface area contributed by atoms with Gasteiger partial charge >= 0.3 is 0 Å². The summed E-state index contributed by atoms with van der Waals surface area (Å²) in [5.74, 6) is 2.61. The molecule has 2 aliphatic carbocycles. The fourth-order valence-electron chi connectivity index (χ4n) is 5.50. The van der Waals surface area contributed by atoms with E-state index in [2.05, 4.69) is 12.2 Å². The van der Waals surface area contributed by atoms with Crippen molar-refractivity contribution in [1.29, 1.82) is 5.41 Å². The van der Waals surface area contributed by atoms with Gasteiger partial charge in [0.2, 0.25) is 5.91 Å². The minimum absolute atomic E-state index is 0.0742. The largest absolute Gasteiger partial charge is 0.349 e. The number of thioether (sulfide) groups is 1. The molecule has 3 fully saturated rings. The first-order chi connectivity index (χ1) is 13.5. The highest BCUT2D eigenvalue weighted by atomic mass is 35.5. The summed E-state index contributed by atoms with van der Waals surface area (Å²) in [4.78, 5) is 14.6. The smallest absolute Gasteiger partial charge is 0.233 e. The topological polar surface area (TPSA) is 56.2 Å². The molecule has 6 heteroatoms. The molecule has 1 saturated heterocycles. The zero-order valence-electron chi connectivity index (χ0n) is 15.9. The maximum absolute atomic E-state index is 12.8. The zero-order chi connectivity index (χ0) is 19.4. The van der Waals surface area contributed by atoms with E-state index in [1.54, 1.807) is 16.7 Å². The molecule has 146 valence electrons. The van der Waals surface area contributed by atoms with E-state index in [4.69, 9.17) is 17.0 Å². The van der Waals surface area contributed by atoms with Crippen LogP contribution in [0.1, 0.15) is 44.6 Å². The number of nitrogens with one attached hydrogen (secondary N) is 2. The molecule has 2 aliphatic heterocycles. The van der Waals surface area contributed by atoms with Crippen molar-refractivity contribution >= 4 is 40.8 Å². The average molecular weight is 414 g/mol. The minimum atomic E-state index is 0.0742. The normalized spacial score (nSPS) is 32.9. The van der Waals surface area contributed by atoms with Gasteiger partial charge in [-0.25, -0.2) is 0 Å². The molecule has 1 aromatic carbocycles. The summed E-state index contributed by atoms with van der Waals surface area (Å²) in [5.41, 5.74) is 2.87. The van der Waals surface area contributed by atoms with Crippen molar-refractivity contribution < 1.29 is 4.79 Å². The van der Waals surface area contributed by atoms with Crippen LogP contribution in [0, 0.1) is 23.2 Å². The molecule has 4 nitrogen and oxygen atoms in total. The van der Waals surface area contributed by atoms with Crippen LogP contribution in [0.3, 0.4) is 0 Å². The summed E-state index contributed by atoms with van der Waals surface area (Å²) in [7, 11) is 0. The summed E-state index contributed by atoms with van der Waals surface area (Å²) in [5, 5.41) is 15.8. The SMILES string of the molecule is C[C@@H]([C@@H]1C[C@H]2CC[C@@H]1C2)N1C(=N)/C(=C2\NC(c3ccc(Cl)cc3)=CS2)CC1=O. The second kappa shape index (κ2) is 6.96. The Hall–Kier alpha value is -1.72. The number of amidine groups is 1. The van der Waals surface area contributed by atoms with Crippen LogP contribution in [-0.4, -0.2) is 22.7 Å². The lowest BCUT2D eigenvalue weighted by atomic mass is 9.83. The molecule has 0 aromatic heterocycles. The van der Waals surface area contributed by atoms with E-state index in [-0.39, 0.29) is 11.9 Å². The molecule has 0 radical (unpaired) electrons. The summed E-state index contributed by atoms with van der Waals surface area (Å²) in [6.45, 7) is 2.15. The van der Waals surface area contributed by atoms with Gasteiger partial charge in [-0.3, -0.25) is 15.1 Å². The third-order valence-electron chi connectivity index (χ3n) is 6.92. The van der Waals surface area contributed by atoms with Crippen molar-refractivity contribution in [2.45, 2.75) is 45.1 Å². The summed E-state index contributed by atoms with van der Waals surface area (Å²) < 4.78 is 0. The number of carbonyl (C=O) groups excluding carboxylic acids is 1. The Labute approximate surface area is 174 Å². The van der Waals surface area contributed by atoms with Crippen LogP contribution >= 0.6 is 23.4 Å². The summed E-state index contributed by atoms with van der Waals surface area (Å²) >= 11 is 7.55. The molecule has 28 heavy (non-hydrogen) atoms. The average Bonchev–Trinajstić information content (AvgIpc) is 3.46. The molecule has 0 spiro atoms. The van der Waals surface area contributed by atoms with Crippen LogP contribution < -0.4 is 5.32 Å². The molecule has 1 aromatic rings. The molecule has 4 aliphatic rings. The standard InChI is InChI=1S/C22H24ClN3OS/c1-12(17-9-13-2-3-15(17)8-13)26-20(27)10-18(21(26)24)22-25-19(11-28-22)14-4-6-16(23)7-5-14/h4-7,11-13,15,17,24-25H,2-3,8-10H2,1H3/b22-18+,24-21?/t12-,13-,15+,17-/m0/s1. The van der Waals surface area contributed by atoms with Crippen molar-refractivity contribution in [1.82, 2.24) is 10.2 Å². The first-order valence-electron chi connectivity index (χ1n) is 10.0. The zero-order valence-corrected chi connectivity index (χ0v) is 17.4. The molecule has 2 bridgehead atoms. The number of hydrogen-bond donors (Lipinski definition) is 2. The fraction of sp³-hybridized carbons (Fsp3) is 0.455. The van der Waals surface area contributed by atoms with Crippen molar-refractivity contribution in [3.8, 4) is 0 Å². The number of hydrogen-bond acceptors (Lipinski definition) is 4. The Bertz CT molecular complexity index is 907. The van der Waals surface area contributed by atoms with Crippen molar-refractivity contribution in [3.05, 3.63) is 50.9 Å². The van der Waals surface area contributed by atoms with Crippen LogP contribution in [0.15, 0.2) is 40.3 Å². The van der Waals surface area contributed by atoms with Gasteiger partial charge in [0, 0.05) is 22.0 Å². The number of nitrogens with zero attached hydrogens (tertiary/aromatic N) is 1. The van der Waals surface area contributed by atoms with Crippen molar-refractivity contribution in [3.63, 3.8) is 0 Å². The van der Waals surface area contributed by atoms with E-state index in [0.29, 0.717) is 23.2 Å². The third kappa shape index (κ3) is 3.00. The lowest BCUT2D eigenvalue weighted by Gasteiger charge is -2.34. The Morgan fingerprint density at radius 2 is 2.04 bits per heavy atom. The van der Waals surface area contributed by atoms with E-state index in [0.717, 1.165) is 33.7 Å². The van der Waals surface area contributed by atoms with Crippen LogP contribution in [0.4, 0.5) is 0 Å². The van der Waals surface area contributed by atoms with E-state index in [1.165, 1.54) is 25.7 Å². The Kier molecular flexibility index (Phi) is 4.55. The molecular formula is C22H24ClN3OS.